The minimum atomic E-state index is -0.228. The second kappa shape index (κ2) is 7.29. The SMILES string of the molecule is CC(=O)c1ccc(NCC(=O)Nc2cc(Cl)cc(Cl)c2)cc1. The molecule has 4 nitrogen and oxygen atoms in total. The second-order valence-corrected chi connectivity index (χ2v) is 5.57. The number of carbonyl (C=O) groups is 2. The zero-order valence-corrected chi connectivity index (χ0v) is 13.3. The Morgan fingerprint density at radius 2 is 1.55 bits per heavy atom. The zero-order valence-electron chi connectivity index (χ0n) is 11.8. The van der Waals surface area contributed by atoms with Crippen molar-refractivity contribution in [1.82, 2.24) is 0 Å². The quantitative estimate of drug-likeness (QED) is 0.802. The van der Waals surface area contributed by atoms with E-state index in [9.17, 15) is 9.59 Å². The van der Waals surface area contributed by atoms with E-state index in [2.05, 4.69) is 10.6 Å². The summed E-state index contributed by atoms with van der Waals surface area (Å²) in [4.78, 5) is 23.0. The molecule has 0 fully saturated rings. The molecule has 0 spiro atoms. The first-order chi connectivity index (χ1) is 10.4. The average Bonchev–Trinajstić information content (AvgIpc) is 2.44. The minimum Gasteiger partial charge on any atom is -0.376 e. The van der Waals surface area contributed by atoms with Crippen LogP contribution in [0.15, 0.2) is 42.5 Å². The van der Waals surface area contributed by atoms with Crippen molar-refractivity contribution >= 4 is 46.3 Å². The van der Waals surface area contributed by atoms with Crippen molar-refractivity contribution in [3.63, 3.8) is 0 Å². The van der Waals surface area contributed by atoms with Crippen LogP contribution in [0.25, 0.3) is 0 Å². The highest BCUT2D eigenvalue weighted by molar-refractivity contribution is 6.35. The van der Waals surface area contributed by atoms with Gasteiger partial charge in [-0.25, -0.2) is 0 Å². The molecule has 0 aliphatic heterocycles. The first-order valence-electron chi connectivity index (χ1n) is 6.55. The van der Waals surface area contributed by atoms with Gasteiger partial charge in [0.15, 0.2) is 5.78 Å². The Morgan fingerprint density at radius 3 is 2.09 bits per heavy atom. The van der Waals surface area contributed by atoms with E-state index in [-0.39, 0.29) is 18.2 Å². The lowest BCUT2D eigenvalue weighted by atomic mass is 10.1. The van der Waals surface area contributed by atoms with Crippen LogP contribution >= 0.6 is 23.2 Å². The zero-order chi connectivity index (χ0) is 16.1. The molecule has 2 aromatic carbocycles. The van der Waals surface area contributed by atoms with Gasteiger partial charge < -0.3 is 10.6 Å². The van der Waals surface area contributed by atoms with Crippen molar-refractivity contribution in [2.75, 3.05) is 17.2 Å². The number of ketones is 1. The van der Waals surface area contributed by atoms with Crippen LogP contribution in [-0.2, 0) is 4.79 Å². The van der Waals surface area contributed by atoms with Crippen LogP contribution in [0.1, 0.15) is 17.3 Å². The van der Waals surface area contributed by atoms with Crippen LogP contribution in [0, 0.1) is 0 Å². The Kier molecular flexibility index (Phi) is 5.41. The number of amides is 1. The maximum atomic E-state index is 11.9. The Labute approximate surface area is 138 Å². The van der Waals surface area contributed by atoms with Crippen molar-refractivity contribution in [2.45, 2.75) is 6.92 Å². The van der Waals surface area contributed by atoms with Gasteiger partial charge in [0.25, 0.3) is 0 Å². The van der Waals surface area contributed by atoms with Crippen molar-refractivity contribution < 1.29 is 9.59 Å². The lowest BCUT2D eigenvalue weighted by molar-refractivity contribution is -0.114. The normalized spacial score (nSPS) is 10.1. The number of halogens is 2. The van der Waals surface area contributed by atoms with E-state index in [1.807, 2.05) is 0 Å². The molecular weight excluding hydrogens is 323 g/mol. The number of Topliss-reactive ketones (excluding diaryl/α,β-unsaturated/α-hetero) is 1. The molecule has 0 saturated heterocycles. The Balaban J connectivity index is 1.91. The number of rotatable bonds is 5. The molecule has 0 unspecified atom stereocenters. The molecule has 0 radical (unpaired) electrons. The molecular formula is C16H14Cl2N2O2. The topological polar surface area (TPSA) is 58.2 Å². The number of carbonyl (C=O) groups excluding carboxylic acids is 2. The second-order valence-electron chi connectivity index (χ2n) is 4.69. The average molecular weight is 337 g/mol. The predicted octanol–water partition coefficient (Wildman–Crippen LogP) is 4.25. The van der Waals surface area contributed by atoms with Gasteiger partial charge in [-0.05, 0) is 49.4 Å². The molecule has 2 aromatic rings. The number of benzene rings is 2. The lowest BCUT2D eigenvalue weighted by Gasteiger charge is -2.09. The molecule has 0 saturated carbocycles. The molecule has 2 rings (SSSR count). The highest BCUT2D eigenvalue weighted by atomic mass is 35.5. The Bertz CT molecular complexity index is 680. The summed E-state index contributed by atoms with van der Waals surface area (Å²) in [5, 5.41) is 6.58. The summed E-state index contributed by atoms with van der Waals surface area (Å²) in [6.07, 6.45) is 0. The molecule has 0 bridgehead atoms. The molecule has 0 aromatic heterocycles. The van der Waals surface area contributed by atoms with Crippen molar-refractivity contribution in [3.8, 4) is 0 Å². The fourth-order valence-electron chi connectivity index (χ4n) is 1.84. The Hall–Kier alpha value is -2.04. The van der Waals surface area contributed by atoms with Gasteiger partial charge in [0.05, 0.1) is 6.54 Å². The predicted molar refractivity (Wildman–Crippen MR) is 90.0 cm³/mol. The molecule has 114 valence electrons. The van der Waals surface area contributed by atoms with Crippen LogP contribution in [0.2, 0.25) is 10.0 Å². The van der Waals surface area contributed by atoms with Gasteiger partial charge in [-0.1, -0.05) is 23.2 Å². The van der Waals surface area contributed by atoms with Crippen molar-refractivity contribution in [1.29, 1.82) is 0 Å². The summed E-state index contributed by atoms with van der Waals surface area (Å²) < 4.78 is 0. The molecule has 0 heterocycles. The van der Waals surface area contributed by atoms with Crippen LogP contribution in [0.3, 0.4) is 0 Å². The van der Waals surface area contributed by atoms with E-state index in [4.69, 9.17) is 23.2 Å². The summed E-state index contributed by atoms with van der Waals surface area (Å²) in [6.45, 7) is 1.59. The Morgan fingerprint density at radius 1 is 0.955 bits per heavy atom. The first-order valence-corrected chi connectivity index (χ1v) is 7.30. The molecule has 0 aliphatic carbocycles. The van der Waals surface area contributed by atoms with Crippen LogP contribution in [0.5, 0.6) is 0 Å². The van der Waals surface area contributed by atoms with Gasteiger partial charge in [0.1, 0.15) is 0 Å². The lowest BCUT2D eigenvalue weighted by Crippen LogP contribution is -2.21. The van der Waals surface area contributed by atoms with E-state index in [1.165, 1.54) is 6.92 Å². The number of nitrogens with one attached hydrogen (secondary N) is 2. The molecule has 1 amide bonds. The monoisotopic (exact) mass is 336 g/mol. The van der Waals surface area contributed by atoms with Crippen LogP contribution in [-0.4, -0.2) is 18.2 Å². The summed E-state index contributed by atoms with van der Waals surface area (Å²) in [5.41, 5.74) is 1.92. The molecule has 0 aliphatic rings. The highest BCUT2D eigenvalue weighted by Gasteiger charge is 2.05. The van der Waals surface area contributed by atoms with E-state index < -0.39 is 0 Å². The molecule has 2 N–H and O–H groups in total. The third-order valence-corrected chi connectivity index (χ3v) is 3.33. The maximum absolute atomic E-state index is 11.9. The van der Waals surface area contributed by atoms with Gasteiger partial charge in [0.2, 0.25) is 5.91 Å². The van der Waals surface area contributed by atoms with Gasteiger partial charge in [-0.3, -0.25) is 9.59 Å². The van der Waals surface area contributed by atoms with E-state index in [1.54, 1.807) is 42.5 Å². The number of hydrogen-bond donors (Lipinski definition) is 2. The van der Waals surface area contributed by atoms with Crippen LogP contribution < -0.4 is 10.6 Å². The summed E-state index contributed by atoms with van der Waals surface area (Å²) in [5.74, 6) is -0.226. The third kappa shape index (κ3) is 4.76. The smallest absolute Gasteiger partial charge is 0.243 e. The van der Waals surface area contributed by atoms with Crippen molar-refractivity contribution in [3.05, 3.63) is 58.1 Å². The minimum absolute atomic E-state index is 0.00197. The van der Waals surface area contributed by atoms with E-state index in [0.29, 0.717) is 21.3 Å². The summed E-state index contributed by atoms with van der Waals surface area (Å²) in [7, 11) is 0. The van der Waals surface area contributed by atoms with E-state index in [0.717, 1.165) is 5.69 Å². The third-order valence-electron chi connectivity index (χ3n) is 2.89. The molecule has 6 heteroatoms. The van der Waals surface area contributed by atoms with Gasteiger partial charge in [-0.2, -0.15) is 0 Å². The van der Waals surface area contributed by atoms with Gasteiger partial charge in [-0.15, -0.1) is 0 Å². The molecule has 0 atom stereocenters. The van der Waals surface area contributed by atoms with Crippen LogP contribution in [0.4, 0.5) is 11.4 Å². The highest BCUT2D eigenvalue weighted by Crippen LogP contribution is 2.22. The van der Waals surface area contributed by atoms with E-state index >= 15 is 0 Å². The number of anilines is 2. The van der Waals surface area contributed by atoms with Gasteiger partial charge in [0, 0.05) is 27.0 Å². The largest absolute Gasteiger partial charge is 0.376 e. The van der Waals surface area contributed by atoms with Gasteiger partial charge >= 0.3 is 0 Å². The fraction of sp³-hybridized carbons (Fsp3) is 0.125. The summed E-state index contributed by atoms with van der Waals surface area (Å²) >= 11 is 11.7. The summed E-state index contributed by atoms with van der Waals surface area (Å²) in [6, 6.07) is 11.7. The first kappa shape index (κ1) is 16.3. The number of hydrogen-bond acceptors (Lipinski definition) is 3. The fourth-order valence-corrected chi connectivity index (χ4v) is 2.36. The molecule has 22 heavy (non-hydrogen) atoms. The maximum Gasteiger partial charge on any atom is 0.243 e. The standard InChI is InChI=1S/C16H14Cl2N2O2/c1-10(21)11-2-4-14(5-3-11)19-9-16(22)20-15-7-12(17)6-13(18)8-15/h2-8,19H,9H2,1H3,(H,20,22). The van der Waals surface area contributed by atoms with Crippen molar-refractivity contribution in [2.24, 2.45) is 0 Å².